The second-order valence-corrected chi connectivity index (χ2v) is 2.60. The fraction of sp³-hybridized carbons (Fsp3) is 0.286. The van der Waals surface area contributed by atoms with Gasteiger partial charge in [0.2, 0.25) is 0 Å². The average molecular weight is 165 g/mol. The molecule has 1 saturated heterocycles. The van der Waals surface area contributed by atoms with Crippen molar-refractivity contribution in [1.29, 1.82) is 0 Å². The molecule has 0 aromatic carbocycles. The highest BCUT2D eigenvalue weighted by Gasteiger charge is 2.38. The SMILES string of the molecule is CN1C(=O)C2=CN=CCN2C1=O. The summed E-state index contributed by atoms with van der Waals surface area (Å²) in [6.07, 6.45) is 3.00. The van der Waals surface area contributed by atoms with Crippen LogP contribution in [0.15, 0.2) is 16.9 Å². The van der Waals surface area contributed by atoms with Gasteiger partial charge in [-0.3, -0.25) is 19.6 Å². The fourth-order valence-electron chi connectivity index (χ4n) is 1.21. The van der Waals surface area contributed by atoms with Gasteiger partial charge in [0.15, 0.2) is 0 Å². The summed E-state index contributed by atoms with van der Waals surface area (Å²) >= 11 is 0. The first-order valence-corrected chi connectivity index (χ1v) is 3.53. The van der Waals surface area contributed by atoms with E-state index in [1.165, 1.54) is 18.1 Å². The molecule has 62 valence electrons. The maximum Gasteiger partial charge on any atom is 0.331 e. The van der Waals surface area contributed by atoms with Crippen molar-refractivity contribution >= 4 is 18.2 Å². The summed E-state index contributed by atoms with van der Waals surface area (Å²) in [4.78, 5) is 28.8. The first kappa shape index (κ1) is 7.02. The van der Waals surface area contributed by atoms with Gasteiger partial charge in [0, 0.05) is 13.3 Å². The molecule has 2 heterocycles. The number of hydrogen-bond acceptors (Lipinski definition) is 3. The van der Waals surface area contributed by atoms with E-state index in [9.17, 15) is 9.59 Å². The van der Waals surface area contributed by atoms with Crippen LogP contribution in [0, 0.1) is 0 Å². The Morgan fingerprint density at radius 2 is 2.25 bits per heavy atom. The molecule has 0 bridgehead atoms. The average Bonchev–Trinajstić information content (AvgIpc) is 2.33. The van der Waals surface area contributed by atoms with E-state index in [0.29, 0.717) is 12.2 Å². The van der Waals surface area contributed by atoms with Crippen LogP contribution in [0.4, 0.5) is 4.79 Å². The van der Waals surface area contributed by atoms with Crippen molar-refractivity contribution in [3.63, 3.8) is 0 Å². The molecule has 0 N–H and O–H groups in total. The normalized spacial score (nSPS) is 21.6. The van der Waals surface area contributed by atoms with Crippen molar-refractivity contribution in [1.82, 2.24) is 9.80 Å². The van der Waals surface area contributed by atoms with Crippen LogP contribution in [-0.2, 0) is 4.79 Å². The summed E-state index contributed by atoms with van der Waals surface area (Å²) in [6.45, 7) is 0.390. The quantitative estimate of drug-likeness (QED) is 0.467. The lowest BCUT2D eigenvalue weighted by atomic mass is 10.4. The second kappa shape index (κ2) is 2.17. The number of amides is 3. The van der Waals surface area contributed by atoms with E-state index in [1.807, 2.05) is 0 Å². The first-order valence-electron chi connectivity index (χ1n) is 3.53. The van der Waals surface area contributed by atoms with Crippen LogP contribution in [0.1, 0.15) is 0 Å². The number of carbonyl (C=O) groups excluding carboxylic acids is 2. The zero-order chi connectivity index (χ0) is 8.72. The summed E-state index contributed by atoms with van der Waals surface area (Å²) in [6, 6.07) is -0.280. The number of hydrogen-bond donors (Lipinski definition) is 0. The van der Waals surface area contributed by atoms with Crippen molar-refractivity contribution < 1.29 is 9.59 Å². The van der Waals surface area contributed by atoms with E-state index in [2.05, 4.69) is 4.99 Å². The van der Waals surface area contributed by atoms with E-state index >= 15 is 0 Å². The molecule has 12 heavy (non-hydrogen) atoms. The summed E-state index contributed by atoms with van der Waals surface area (Å²) in [5, 5.41) is 0. The van der Waals surface area contributed by atoms with Gasteiger partial charge in [-0.25, -0.2) is 4.79 Å². The van der Waals surface area contributed by atoms with Gasteiger partial charge >= 0.3 is 6.03 Å². The number of imide groups is 1. The van der Waals surface area contributed by atoms with Gasteiger partial charge in [-0.15, -0.1) is 0 Å². The van der Waals surface area contributed by atoms with E-state index in [-0.39, 0.29) is 11.9 Å². The molecule has 0 saturated carbocycles. The zero-order valence-electron chi connectivity index (χ0n) is 6.52. The summed E-state index contributed by atoms with van der Waals surface area (Å²) < 4.78 is 0. The summed E-state index contributed by atoms with van der Waals surface area (Å²) in [5.41, 5.74) is 0.366. The Bertz CT molecular complexity index is 319. The van der Waals surface area contributed by atoms with E-state index in [4.69, 9.17) is 0 Å². The van der Waals surface area contributed by atoms with Crippen LogP contribution in [0.5, 0.6) is 0 Å². The molecule has 5 nitrogen and oxygen atoms in total. The molecule has 0 unspecified atom stereocenters. The molecule has 2 aliphatic heterocycles. The molecular weight excluding hydrogens is 158 g/mol. The van der Waals surface area contributed by atoms with Crippen LogP contribution >= 0.6 is 0 Å². The van der Waals surface area contributed by atoms with Crippen LogP contribution in [0.3, 0.4) is 0 Å². The Labute approximate surface area is 69.0 Å². The van der Waals surface area contributed by atoms with Crippen molar-refractivity contribution in [3.8, 4) is 0 Å². The molecule has 0 aromatic heterocycles. The number of carbonyl (C=O) groups is 2. The highest BCUT2D eigenvalue weighted by atomic mass is 16.2. The number of likely N-dealkylation sites (N-methyl/N-ethyl adjacent to an activating group) is 1. The second-order valence-electron chi connectivity index (χ2n) is 2.60. The number of urea groups is 1. The number of fused-ring (bicyclic) bond motifs is 1. The van der Waals surface area contributed by atoms with Gasteiger partial charge in [0.1, 0.15) is 5.70 Å². The summed E-state index contributed by atoms with van der Waals surface area (Å²) in [5.74, 6) is -0.281. The monoisotopic (exact) mass is 165 g/mol. The van der Waals surface area contributed by atoms with Crippen LogP contribution in [-0.4, -0.2) is 41.5 Å². The predicted octanol–water partition coefficient (Wildman–Crippen LogP) is -0.194. The van der Waals surface area contributed by atoms with E-state index in [1.54, 1.807) is 6.21 Å². The van der Waals surface area contributed by atoms with Gasteiger partial charge in [-0.1, -0.05) is 0 Å². The zero-order valence-corrected chi connectivity index (χ0v) is 6.52. The minimum Gasteiger partial charge on any atom is -0.282 e. The lowest BCUT2D eigenvalue weighted by Crippen LogP contribution is -2.31. The molecule has 0 radical (unpaired) electrons. The van der Waals surface area contributed by atoms with Crippen LogP contribution in [0.2, 0.25) is 0 Å². The van der Waals surface area contributed by atoms with Gasteiger partial charge < -0.3 is 0 Å². The molecule has 0 aromatic rings. The topological polar surface area (TPSA) is 53.0 Å². The van der Waals surface area contributed by atoms with E-state index in [0.717, 1.165) is 4.90 Å². The molecule has 2 rings (SSSR count). The van der Waals surface area contributed by atoms with Gasteiger partial charge in [0.05, 0.1) is 12.7 Å². The summed E-state index contributed by atoms with van der Waals surface area (Å²) in [7, 11) is 1.46. The Morgan fingerprint density at radius 1 is 1.50 bits per heavy atom. The van der Waals surface area contributed by atoms with Crippen molar-refractivity contribution in [2.75, 3.05) is 13.6 Å². The minimum atomic E-state index is -0.281. The van der Waals surface area contributed by atoms with Crippen molar-refractivity contribution in [3.05, 3.63) is 11.9 Å². The number of rotatable bonds is 0. The predicted molar refractivity (Wildman–Crippen MR) is 41.4 cm³/mol. The molecule has 5 heteroatoms. The highest BCUT2D eigenvalue weighted by Crippen LogP contribution is 2.20. The van der Waals surface area contributed by atoms with Crippen LogP contribution in [0.25, 0.3) is 0 Å². The Morgan fingerprint density at radius 3 is 2.92 bits per heavy atom. The molecule has 0 spiro atoms. The van der Waals surface area contributed by atoms with Gasteiger partial charge in [-0.2, -0.15) is 0 Å². The lowest BCUT2D eigenvalue weighted by molar-refractivity contribution is -0.122. The molecule has 0 atom stereocenters. The molecular formula is C7H7N3O2. The van der Waals surface area contributed by atoms with Gasteiger partial charge in [0.25, 0.3) is 5.91 Å². The standard InChI is InChI=1S/C7H7N3O2/c1-9-6(11)5-4-8-2-3-10(5)7(9)12/h2,4H,3H2,1H3. The molecule has 2 aliphatic rings. The van der Waals surface area contributed by atoms with Crippen molar-refractivity contribution in [2.24, 2.45) is 4.99 Å². The lowest BCUT2D eigenvalue weighted by Gasteiger charge is -2.14. The van der Waals surface area contributed by atoms with Crippen LogP contribution < -0.4 is 0 Å². The molecule has 1 fully saturated rings. The first-order chi connectivity index (χ1) is 5.72. The molecule has 3 amide bonds. The third kappa shape index (κ3) is 0.702. The third-order valence-electron chi connectivity index (χ3n) is 1.90. The fourth-order valence-corrected chi connectivity index (χ4v) is 1.21. The highest BCUT2D eigenvalue weighted by molar-refractivity contribution is 6.12. The van der Waals surface area contributed by atoms with Gasteiger partial charge in [-0.05, 0) is 0 Å². The molecule has 0 aliphatic carbocycles. The maximum atomic E-state index is 11.3. The minimum absolute atomic E-state index is 0.280. The number of nitrogens with zero attached hydrogens (tertiary/aromatic N) is 3. The smallest absolute Gasteiger partial charge is 0.282 e. The Hall–Kier alpha value is -1.65. The third-order valence-corrected chi connectivity index (χ3v) is 1.90. The van der Waals surface area contributed by atoms with E-state index < -0.39 is 0 Å². The van der Waals surface area contributed by atoms with Crippen molar-refractivity contribution in [2.45, 2.75) is 0 Å². The maximum absolute atomic E-state index is 11.3. The largest absolute Gasteiger partial charge is 0.331 e. The Balaban J connectivity index is 2.44. The number of aliphatic imine (C=N–C) groups is 1. The Kier molecular flexibility index (Phi) is 1.27.